The van der Waals surface area contributed by atoms with Crippen LogP contribution in [0.1, 0.15) is 15.9 Å². The Kier molecular flexibility index (Phi) is 5.71. The second kappa shape index (κ2) is 8.17. The number of rotatable bonds is 6. The fourth-order valence-electron chi connectivity index (χ4n) is 2.42. The van der Waals surface area contributed by atoms with Gasteiger partial charge in [0.05, 0.1) is 0 Å². The molecule has 3 aromatic carbocycles. The first-order valence-corrected chi connectivity index (χ1v) is 9.04. The second-order valence-corrected chi connectivity index (χ2v) is 7.11. The molecule has 3 N–H and O–H groups in total. The lowest BCUT2D eigenvalue weighted by molar-refractivity contribution is 0.0694. The summed E-state index contributed by atoms with van der Waals surface area (Å²) in [6, 6.07) is 20.1. The Bertz CT molecular complexity index is 946. The molecule has 3 aromatic rings. The average molecular weight is 386 g/mol. The van der Waals surface area contributed by atoms with Gasteiger partial charge in [0.1, 0.15) is 11.3 Å². The molecule has 0 heterocycles. The van der Waals surface area contributed by atoms with Gasteiger partial charge in [-0.25, -0.2) is 4.79 Å². The first kappa shape index (κ1) is 18.2. The maximum atomic E-state index is 11.1. The molecule has 4 nitrogen and oxygen atoms in total. The molecule has 0 amide bonds. The number of phenols is 1. The van der Waals surface area contributed by atoms with E-state index in [1.165, 1.54) is 12.1 Å². The van der Waals surface area contributed by atoms with Gasteiger partial charge in [-0.15, -0.1) is 0 Å². The zero-order valence-electron chi connectivity index (χ0n) is 13.6. The van der Waals surface area contributed by atoms with Crippen molar-refractivity contribution in [1.82, 2.24) is 0 Å². The first-order valence-electron chi connectivity index (χ1n) is 7.84. The van der Waals surface area contributed by atoms with Gasteiger partial charge in [0.25, 0.3) is 0 Å². The molecular formula is C20H16ClNO3S. The number of carboxylic acids is 1. The van der Waals surface area contributed by atoms with Gasteiger partial charge in [-0.2, -0.15) is 0 Å². The van der Waals surface area contributed by atoms with Crippen LogP contribution in [0.25, 0.3) is 0 Å². The molecule has 3 rings (SSSR count). The van der Waals surface area contributed by atoms with E-state index in [1.807, 2.05) is 48.5 Å². The zero-order valence-corrected chi connectivity index (χ0v) is 15.2. The third-order valence-corrected chi connectivity index (χ3v) is 5.05. The number of hydrogen-bond acceptors (Lipinski definition) is 4. The van der Waals surface area contributed by atoms with Crippen molar-refractivity contribution < 1.29 is 15.0 Å². The quantitative estimate of drug-likeness (QED) is 0.488. The highest BCUT2D eigenvalue weighted by Crippen LogP contribution is 2.32. The van der Waals surface area contributed by atoms with Crippen molar-refractivity contribution in [1.29, 1.82) is 0 Å². The van der Waals surface area contributed by atoms with Gasteiger partial charge in [0.2, 0.25) is 0 Å². The molecular weight excluding hydrogens is 370 g/mol. The molecule has 0 aliphatic heterocycles. The molecule has 132 valence electrons. The number of nitrogens with one attached hydrogen (secondary N) is 1. The normalized spacial score (nSPS) is 10.5. The summed E-state index contributed by atoms with van der Waals surface area (Å²) in [5.74, 6) is -1.41. The Morgan fingerprint density at radius 1 is 1.04 bits per heavy atom. The predicted octanol–water partition coefficient (Wildman–Crippen LogP) is 5.51. The molecule has 26 heavy (non-hydrogen) atoms. The highest BCUT2D eigenvalue weighted by atomic mass is 35.5. The fourth-order valence-corrected chi connectivity index (χ4v) is 3.68. The monoisotopic (exact) mass is 385 g/mol. The van der Waals surface area contributed by atoms with Gasteiger partial charge in [-0.05, 0) is 48.0 Å². The average Bonchev–Trinajstić information content (AvgIpc) is 2.62. The lowest BCUT2D eigenvalue weighted by Crippen LogP contribution is -2.03. The summed E-state index contributed by atoms with van der Waals surface area (Å²) in [6.45, 7) is 0.521. The van der Waals surface area contributed by atoms with Crippen LogP contribution >= 0.6 is 23.4 Å². The highest BCUT2D eigenvalue weighted by molar-refractivity contribution is 7.99. The predicted molar refractivity (Wildman–Crippen MR) is 104 cm³/mol. The third-order valence-electron chi connectivity index (χ3n) is 3.71. The summed E-state index contributed by atoms with van der Waals surface area (Å²) in [4.78, 5) is 13.3. The van der Waals surface area contributed by atoms with Crippen LogP contribution in [0.3, 0.4) is 0 Å². The van der Waals surface area contributed by atoms with Crippen LogP contribution in [0.4, 0.5) is 5.69 Å². The summed E-state index contributed by atoms with van der Waals surface area (Å²) in [6.07, 6.45) is 0. The smallest absolute Gasteiger partial charge is 0.339 e. The number of aromatic carboxylic acids is 1. The van der Waals surface area contributed by atoms with Crippen LogP contribution in [-0.2, 0) is 6.54 Å². The van der Waals surface area contributed by atoms with Crippen molar-refractivity contribution in [3.8, 4) is 5.75 Å². The summed E-state index contributed by atoms with van der Waals surface area (Å²) in [7, 11) is 0. The Labute approximate surface area is 160 Å². The molecule has 0 aliphatic rings. The van der Waals surface area contributed by atoms with Gasteiger partial charge in [0.15, 0.2) is 0 Å². The van der Waals surface area contributed by atoms with E-state index in [0.29, 0.717) is 17.3 Å². The summed E-state index contributed by atoms with van der Waals surface area (Å²) < 4.78 is 0. The van der Waals surface area contributed by atoms with Crippen molar-refractivity contribution in [2.24, 2.45) is 0 Å². The Morgan fingerprint density at radius 3 is 2.62 bits per heavy atom. The van der Waals surface area contributed by atoms with E-state index in [0.717, 1.165) is 15.4 Å². The molecule has 0 atom stereocenters. The maximum absolute atomic E-state index is 11.1. The molecule has 0 spiro atoms. The van der Waals surface area contributed by atoms with E-state index in [1.54, 1.807) is 17.8 Å². The molecule has 0 saturated heterocycles. The van der Waals surface area contributed by atoms with Crippen molar-refractivity contribution in [2.75, 3.05) is 5.32 Å². The van der Waals surface area contributed by atoms with Crippen LogP contribution in [0.5, 0.6) is 5.75 Å². The van der Waals surface area contributed by atoms with Crippen molar-refractivity contribution in [2.45, 2.75) is 16.3 Å². The van der Waals surface area contributed by atoms with Gasteiger partial charge in [0, 0.05) is 27.0 Å². The van der Waals surface area contributed by atoms with Crippen LogP contribution in [0.2, 0.25) is 5.02 Å². The number of anilines is 1. The SMILES string of the molecule is O=C(O)c1cc(NCc2ccccc2Sc2cccc(Cl)c2)ccc1O. The number of benzene rings is 3. The van der Waals surface area contributed by atoms with E-state index >= 15 is 0 Å². The summed E-state index contributed by atoms with van der Waals surface area (Å²) in [5, 5.41) is 22.6. The molecule has 0 bridgehead atoms. The molecule has 0 aliphatic carbocycles. The van der Waals surface area contributed by atoms with Crippen molar-refractivity contribution in [3.63, 3.8) is 0 Å². The zero-order chi connectivity index (χ0) is 18.5. The van der Waals surface area contributed by atoms with Crippen LogP contribution in [0.15, 0.2) is 76.5 Å². The van der Waals surface area contributed by atoms with Gasteiger partial charge < -0.3 is 15.5 Å². The minimum atomic E-state index is -1.16. The van der Waals surface area contributed by atoms with Crippen LogP contribution in [0, 0.1) is 0 Å². The fraction of sp³-hybridized carbons (Fsp3) is 0.0500. The molecule has 0 unspecified atom stereocenters. The number of halogens is 1. The van der Waals surface area contributed by atoms with Crippen LogP contribution < -0.4 is 5.32 Å². The summed E-state index contributed by atoms with van der Waals surface area (Å²) >= 11 is 7.67. The van der Waals surface area contributed by atoms with Gasteiger partial charge >= 0.3 is 5.97 Å². The van der Waals surface area contributed by atoms with E-state index in [9.17, 15) is 9.90 Å². The van der Waals surface area contributed by atoms with E-state index < -0.39 is 5.97 Å². The first-order chi connectivity index (χ1) is 12.5. The lowest BCUT2D eigenvalue weighted by atomic mass is 10.1. The third kappa shape index (κ3) is 4.50. The van der Waals surface area contributed by atoms with Crippen molar-refractivity contribution >= 4 is 35.0 Å². The minimum Gasteiger partial charge on any atom is -0.507 e. The second-order valence-electron chi connectivity index (χ2n) is 5.56. The van der Waals surface area contributed by atoms with Gasteiger partial charge in [-0.3, -0.25) is 0 Å². The number of carbonyl (C=O) groups is 1. The van der Waals surface area contributed by atoms with Crippen LogP contribution in [-0.4, -0.2) is 16.2 Å². The van der Waals surface area contributed by atoms with Gasteiger partial charge in [-0.1, -0.05) is 47.6 Å². The number of aromatic hydroxyl groups is 1. The van der Waals surface area contributed by atoms with E-state index in [2.05, 4.69) is 5.32 Å². The van der Waals surface area contributed by atoms with E-state index in [4.69, 9.17) is 16.7 Å². The highest BCUT2D eigenvalue weighted by Gasteiger charge is 2.10. The Balaban J connectivity index is 1.77. The number of hydrogen-bond donors (Lipinski definition) is 3. The largest absolute Gasteiger partial charge is 0.507 e. The Hall–Kier alpha value is -2.63. The molecule has 0 fully saturated rings. The topological polar surface area (TPSA) is 69.6 Å². The van der Waals surface area contributed by atoms with Crippen molar-refractivity contribution in [3.05, 3.63) is 82.9 Å². The maximum Gasteiger partial charge on any atom is 0.339 e. The molecule has 0 aromatic heterocycles. The summed E-state index contributed by atoms with van der Waals surface area (Å²) in [5.41, 5.74) is 1.57. The molecule has 0 saturated carbocycles. The number of carboxylic acid groups (broad SMARTS) is 1. The Morgan fingerprint density at radius 2 is 1.85 bits per heavy atom. The molecule has 6 heteroatoms. The standard InChI is InChI=1S/C20H16ClNO3S/c21-14-5-3-6-16(10-14)26-19-7-2-1-4-13(19)12-22-15-8-9-18(23)17(11-15)20(24)25/h1-11,22-23H,12H2,(H,24,25). The molecule has 0 radical (unpaired) electrons. The van der Waals surface area contributed by atoms with E-state index in [-0.39, 0.29) is 11.3 Å². The minimum absolute atomic E-state index is 0.128. The lowest BCUT2D eigenvalue weighted by Gasteiger charge is -2.12.